The van der Waals surface area contributed by atoms with E-state index in [1.165, 1.54) is 11.3 Å². The average Bonchev–Trinajstić information content (AvgIpc) is 2.97. The number of para-hydroxylation sites is 1. The summed E-state index contributed by atoms with van der Waals surface area (Å²) in [4.78, 5) is 18.0. The van der Waals surface area contributed by atoms with E-state index < -0.39 is 0 Å². The van der Waals surface area contributed by atoms with Crippen molar-refractivity contribution in [1.82, 2.24) is 14.9 Å². The van der Waals surface area contributed by atoms with Crippen LogP contribution in [0.2, 0.25) is 0 Å². The fourth-order valence-electron chi connectivity index (χ4n) is 2.30. The summed E-state index contributed by atoms with van der Waals surface area (Å²) in [6.07, 6.45) is 5.10. The summed E-state index contributed by atoms with van der Waals surface area (Å²) in [5.74, 6) is 0.00818. The molecule has 1 N–H and O–H groups in total. The van der Waals surface area contributed by atoms with Gasteiger partial charge in [-0.05, 0) is 25.5 Å². The molecule has 0 radical (unpaired) electrons. The quantitative estimate of drug-likeness (QED) is 0.845. The number of anilines is 1. The molecule has 112 valence electrons. The highest BCUT2D eigenvalue weighted by molar-refractivity contribution is 5.75. The molecule has 1 aromatic carbocycles. The number of imidazole rings is 1. The third kappa shape index (κ3) is 4.34. The van der Waals surface area contributed by atoms with Crippen molar-refractivity contribution in [3.05, 3.63) is 48.5 Å². The largest absolute Gasteiger partial charge is 0.370 e. The van der Waals surface area contributed by atoms with E-state index in [1.54, 1.807) is 23.3 Å². The molecule has 5 heteroatoms. The molecule has 0 bridgehead atoms. The van der Waals surface area contributed by atoms with E-state index in [1.807, 2.05) is 12.1 Å². The Morgan fingerprint density at radius 2 is 2.19 bits per heavy atom. The first-order valence-corrected chi connectivity index (χ1v) is 7.23. The van der Waals surface area contributed by atoms with Gasteiger partial charge in [-0.15, -0.1) is 0 Å². The van der Waals surface area contributed by atoms with Crippen LogP contribution in [0.5, 0.6) is 0 Å². The third-order valence-electron chi connectivity index (χ3n) is 3.43. The number of nitrogens with one attached hydrogen (secondary N) is 1. The van der Waals surface area contributed by atoms with E-state index in [2.05, 4.69) is 41.2 Å². The van der Waals surface area contributed by atoms with Gasteiger partial charge in [0.15, 0.2) is 0 Å². The van der Waals surface area contributed by atoms with Crippen molar-refractivity contribution in [1.29, 1.82) is 0 Å². The molecule has 5 nitrogen and oxygen atoms in total. The van der Waals surface area contributed by atoms with Gasteiger partial charge in [0.2, 0.25) is 5.91 Å². The molecule has 0 unspecified atom stereocenters. The van der Waals surface area contributed by atoms with E-state index in [9.17, 15) is 4.79 Å². The SMILES string of the molecule is CCN(CCNC(=O)Cn1ccnc1)c1ccccc1C. The summed E-state index contributed by atoms with van der Waals surface area (Å²) < 4.78 is 1.76. The van der Waals surface area contributed by atoms with Gasteiger partial charge in [0.1, 0.15) is 6.54 Å². The number of benzene rings is 1. The molecular weight excluding hydrogens is 264 g/mol. The van der Waals surface area contributed by atoms with Crippen molar-refractivity contribution in [2.75, 3.05) is 24.5 Å². The number of likely N-dealkylation sites (N-methyl/N-ethyl adjacent to an activating group) is 1. The van der Waals surface area contributed by atoms with Crippen molar-refractivity contribution in [2.45, 2.75) is 20.4 Å². The van der Waals surface area contributed by atoms with Crippen LogP contribution in [-0.2, 0) is 11.3 Å². The summed E-state index contributed by atoms with van der Waals surface area (Å²) in [6.45, 7) is 6.90. The fourth-order valence-corrected chi connectivity index (χ4v) is 2.30. The third-order valence-corrected chi connectivity index (χ3v) is 3.43. The molecule has 0 spiro atoms. The molecule has 1 heterocycles. The van der Waals surface area contributed by atoms with Gasteiger partial charge in [-0.1, -0.05) is 18.2 Å². The second-order valence-electron chi connectivity index (χ2n) is 4.95. The van der Waals surface area contributed by atoms with Gasteiger partial charge in [-0.3, -0.25) is 4.79 Å². The Bertz CT molecular complexity index is 565. The van der Waals surface area contributed by atoms with Crippen LogP contribution in [0.3, 0.4) is 0 Å². The lowest BCUT2D eigenvalue weighted by Gasteiger charge is -2.25. The van der Waals surface area contributed by atoms with E-state index >= 15 is 0 Å². The lowest BCUT2D eigenvalue weighted by molar-refractivity contribution is -0.121. The van der Waals surface area contributed by atoms with Gasteiger partial charge in [-0.2, -0.15) is 0 Å². The number of carbonyl (C=O) groups excluding carboxylic acids is 1. The summed E-state index contributed by atoms with van der Waals surface area (Å²) >= 11 is 0. The maximum absolute atomic E-state index is 11.8. The number of aryl methyl sites for hydroxylation is 1. The van der Waals surface area contributed by atoms with Crippen LogP contribution in [0.1, 0.15) is 12.5 Å². The first kappa shape index (κ1) is 15.1. The molecule has 0 saturated carbocycles. The Kier molecular flexibility index (Phi) is 5.37. The van der Waals surface area contributed by atoms with Gasteiger partial charge < -0.3 is 14.8 Å². The van der Waals surface area contributed by atoms with Crippen LogP contribution in [0.15, 0.2) is 43.0 Å². The van der Waals surface area contributed by atoms with Crippen LogP contribution in [0.4, 0.5) is 5.69 Å². The highest BCUT2D eigenvalue weighted by atomic mass is 16.1. The van der Waals surface area contributed by atoms with Crippen LogP contribution in [0.25, 0.3) is 0 Å². The molecule has 2 aromatic rings. The molecule has 0 aliphatic heterocycles. The molecule has 0 aliphatic carbocycles. The number of nitrogens with zero attached hydrogens (tertiary/aromatic N) is 3. The summed E-state index contributed by atoms with van der Waals surface area (Å²) in [7, 11) is 0. The van der Waals surface area contributed by atoms with Crippen molar-refractivity contribution in [3.63, 3.8) is 0 Å². The number of hydrogen-bond donors (Lipinski definition) is 1. The van der Waals surface area contributed by atoms with Gasteiger partial charge >= 0.3 is 0 Å². The Balaban J connectivity index is 1.81. The minimum absolute atomic E-state index is 0.00818. The van der Waals surface area contributed by atoms with Crippen LogP contribution in [-0.4, -0.2) is 35.1 Å². The molecule has 0 saturated heterocycles. The highest BCUT2D eigenvalue weighted by Gasteiger charge is 2.07. The maximum atomic E-state index is 11.8. The first-order chi connectivity index (χ1) is 10.2. The standard InChI is InChI=1S/C16H22N4O/c1-3-20(15-7-5-4-6-14(15)2)11-9-18-16(21)12-19-10-8-17-13-19/h4-8,10,13H,3,9,11-12H2,1-2H3,(H,18,21). The zero-order valence-corrected chi connectivity index (χ0v) is 12.6. The molecule has 1 amide bonds. The normalized spacial score (nSPS) is 10.4. The molecule has 0 atom stereocenters. The molecule has 1 aromatic heterocycles. The number of amides is 1. The zero-order chi connectivity index (χ0) is 15.1. The lowest BCUT2D eigenvalue weighted by Crippen LogP contribution is -2.36. The monoisotopic (exact) mass is 286 g/mol. The predicted octanol–water partition coefficient (Wildman–Crippen LogP) is 1.83. The van der Waals surface area contributed by atoms with Crippen LogP contribution in [0, 0.1) is 6.92 Å². The van der Waals surface area contributed by atoms with Gasteiger partial charge in [-0.25, -0.2) is 4.98 Å². The predicted molar refractivity (Wildman–Crippen MR) is 84.3 cm³/mol. The Morgan fingerprint density at radius 3 is 2.86 bits per heavy atom. The second-order valence-corrected chi connectivity index (χ2v) is 4.95. The topological polar surface area (TPSA) is 50.2 Å². The van der Waals surface area contributed by atoms with Gasteiger partial charge in [0, 0.05) is 37.7 Å². The number of carbonyl (C=O) groups is 1. The second kappa shape index (κ2) is 7.47. The lowest BCUT2D eigenvalue weighted by atomic mass is 10.2. The molecule has 21 heavy (non-hydrogen) atoms. The minimum atomic E-state index is 0.00818. The smallest absolute Gasteiger partial charge is 0.240 e. The Labute approximate surface area is 125 Å². The number of hydrogen-bond acceptors (Lipinski definition) is 3. The van der Waals surface area contributed by atoms with E-state index in [0.29, 0.717) is 13.1 Å². The van der Waals surface area contributed by atoms with Crippen molar-refractivity contribution < 1.29 is 4.79 Å². The van der Waals surface area contributed by atoms with E-state index in [-0.39, 0.29) is 5.91 Å². The number of rotatable bonds is 7. The maximum Gasteiger partial charge on any atom is 0.240 e. The average molecular weight is 286 g/mol. The van der Waals surface area contributed by atoms with Gasteiger partial charge in [0.25, 0.3) is 0 Å². The molecular formula is C16H22N4O. The summed E-state index contributed by atoms with van der Waals surface area (Å²) in [5, 5.41) is 2.95. The molecule has 2 rings (SSSR count). The highest BCUT2D eigenvalue weighted by Crippen LogP contribution is 2.18. The summed E-state index contributed by atoms with van der Waals surface area (Å²) in [5.41, 5.74) is 2.48. The molecule has 0 aliphatic rings. The van der Waals surface area contributed by atoms with Crippen molar-refractivity contribution >= 4 is 11.6 Å². The Hall–Kier alpha value is -2.30. The van der Waals surface area contributed by atoms with Crippen molar-refractivity contribution in [2.24, 2.45) is 0 Å². The zero-order valence-electron chi connectivity index (χ0n) is 12.6. The Morgan fingerprint density at radius 1 is 1.38 bits per heavy atom. The van der Waals surface area contributed by atoms with Crippen LogP contribution >= 0.6 is 0 Å². The van der Waals surface area contributed by atoms with E-state index in [4.69, 9.17) is 0 Å². The van der Waals surface area contributed by atoms with Gasteiger partial charge in [0.05, 0.1) is 6.33 Å². The number of aromatic nitrogens is 2. The first-order valence-electron chi connectivity index (χ1n) is 7.23. The van der Waals surface area contributed by atoms with Crippen LogP contribution < -0.4 is 10.2 Å². The van der Waals surface area contributed by atoms with E-state index in [0.717, 1.165) is 13.1 Å². The minimum Gasteiger partial charge on any atom is -0.370 e. The summed E-state index contributed by atoms with van der Waals surface area (Å²) in [6, 6.07) is 8.31. The van der Waals surface area contributed by atoms with Crippen molar-refractivity contribution in [3.8, 4) is 0 Å². The molecule has 0 fully saturated rings. The fraction of sp³-hybridized carbons (Fsp3) is 0.375.